The van der Waals surface area contributed by atoms with Gasteiger partial charge in [0.2, 0.25) is 5.95 Å². The molecular formula is C11H17N3. The molecule has 0 saturated heterocycles. The first-order valence-corrected chi connectivity index (χ1v) is 5.35. The lowest BCUT2D eigenvalue weighted by Gasteiger charge is -2.03. The summed E-state index contributed by atoms with van der Waals surface area (Å²) in [6, 6.07) is 2.54. The molecule has 14 heavy (non-hydrogen) atoms. The zero-order valence-electron chi connectivity index (χ0n) is 8.83. The van der Waals surface area contributed by atoms with Crippen molar-refractivity contribution in [1.82, 2.24) is 9.97 Å². The van der Waals surface area contributed by atoms with E-state index in [4.69, 9.17) is 0 Å². The quantitative estimate of drug-likeness (QED) is 0.794. The number of nitrogens with zero attached hydrogens (tertiary/aromatic N) is 2. The second-order valence-electron chi connectivity index (χ2n) is 4.06. The smallest absolute Gasteiger partial charge is 0.223 e. The van der Waals surface area contributed by atoms with Crippen molar-refractivity contribution >= 4 is 5.95 Å². The van der Waals surface area contributed by atoms with Crippen LogP contribution in [0.2, 0.25) is 0 Å². The monoisotopic (exact) mass is 191 g/mol. The summed E-state index contributed by atoms with van der Waals surface area (Å²) in [4.78, 5) is 8.52. The largest absolute Gasteiger partial charge is 0.351 e. The Hall–Kier alpha value is -1.12. The van der Waals surface area contributed by atoms with Crippen LogP contribution in [0.25, 0.3) is 0 Å². The number of hydrogen-bond donors (Lipinski definition) is 1. The predicted octanol–water partition coefficient (Wildman–Crippen LogP) is 2.39. The highest BCUT2D eigenvalue weighted by atomic mass is 15.1. The number of rotatable bonds is 4. The summed E-state index contributed by atoms with van der Waals surface area (Å²) in [5.41, 5.74) is 1.02. The van der Waals surface area contributed by atoms with E-state index in [1.807, 2.05) is 19.2 Å². The van der Waals surface area contributed by atoms with Crippen LogP contribution < -0.4 is 5.32 Å². The number of aryl methyl sites for hydroxylation is 1. The molecule has 0 aliphatic heterocycles. The van der Waals surface area contributed by atoms with Gasteiger partial charge in [-0.25, -0.2) is 9.97 Å². The van der Waals surface area contributed by atoms with E-state index in [1.165, 1.54) is 19.3 Å². The van der Waals surface area contributed by atoms with Crippen molar-refractivity contribution in [2.24, 2.45) is 5.92 Å². The topological polar surface area (TPSA) is 37.8 Å². The maximum Gasteiger partial charge on any atom is 0.223 e. The van der Waals surface area contributed by atoms with E-state index in [-0.39, 0.29) is 0 Å². The molecule has 1 aliphatic carbocycles. The molecule has 1 aromatic heterocycles. The lowest BCUT2D eigenvalue weighted by atomic mass is 10.2. The molecule has 0 radical (unpaired) electrons. The third-order valence-electron chi connectivity index (χ3n) is 2.69. The zero-order chi connectivity index (χ0) is 9.97. The molecule has 3 nitrogen and oxygen atoms in total. The molecule has 1 aromatic rings. The molecule has 0 spiro atoms. The number of aromatic nitrogens is 2. The molecule has 0 amide bonds. The van der Waals surface area contributed by atoms with Gasteiger partial charge in [0.1, 0.15) is 0 Å². The Balaban J connectivity index is 1.87. The van der Waals surface area contributed by atoms with Gasteiger partial charge in [0.05, 0.1) is 0 Å². The average Bonchev–Trinajstić information content (AvgIpc) is 2.84. The SMILES string of the molecule is CCCC1CC1Nc1nccc(C)n1. The number of hydrogen-bond acceptors (Lipinski definition) is 3. The van der Waals surface area contributed by atoms with Crippen molar-refractivity contribution in [3.05, 3.63) is 18.0 Å². The maximum atomic E-state index is 4.33. The fourth-order valence-corrected chi connectivity index (χ4v) is 1.80. The number of anilines is 1. The van der Waals surface area contributed by atoms with Crippen molar-refractivity contribution < 1.29 is 0 Å². The molecule has 1 aliphatic rings. The molecule has 0 bridgehead atoms. The van der Waals surface area contributed by atoms with Gasteiger partial charge < -0.3 is 5.32 Å². The van der Waals surface area contributed by atoms with Crippen LogP contribution in [0.15, 0.2) is 12.3 Å². The summed E-state index contributed by atoms with van der Waals surface area (Å²) in [6.07, 6.45) is 5.69. The summed E-state index contributed by atoms with van der Waals surface area (Å²) >= 11 is 0. The first-order valence-electron chi connectivity index (χ1n) is 5.35. The molecular weight excluding hydrogens is 174 g/mol. The van der Waals surface area contributed by atoms with Crippen LogP contribution in [0.1, 0.15) is 31.9 Å². The van der Waals surface area contributed by atoms with Crippen LogP contribution in [-0.4, -0.2) is 16.0 Å². The Kier molecular flexibility index (Phi) is 2.66. The average molecular weight is 191 g/mol. The second kappa shape index (κ2) is 3.95. The van der Waals surface area contributed by atoms with Crippen LogP contribution in [-0.2, 0) is 0 Å². The third kappa shape index (κ3) is 2.22. The summed E-state index contributed by atoms with van der Waals surface area (Å²) < 4.78 is 0. The molecule has 1 fully saturated rings. The van der Waals surface area contributed by atoms with E-state index in [1.54, 1.807) is 0 Å². The van der Waals surface area contributed by atoms with Gasteiger partial charge >= 0.3 is 0 Å². The Bertz CT molecular complexity index is 311. The predicted molar refractivity (Wildman–Crippen MR) is 57.2 cm³/mol. The van der Waals surface area contributed by atoms with Crippen LogP contribution in [0.4, 0.5) is 5.95 Å². The van der Waals surface area contributed by atoms with Crippen LogP contribution >= 0.6 is 0 Å². The van der Waals surface area contributed by atoms with E-state index in [0.717, 1.165) is 17.6 Å². The molecule has 76 valence electrons. The van der Waals surface area contributed by atoms with Gasteiger partial charge in [0.25, 0.3) is 0 Å². The molecule has 2 rings (SSSR count). The lowest BCUT2D eigenvalue weighted by Crippen LogP contribution is -2.08. The number of nitrogens with one attached hydrogen (secondary N) is 1. The molecule has 1 saturated carbocycles. The standard InChI is InChI=1S/C11H17N3/c1-3-4-9-7-10(9)14-11-12-6-5-8(2)13-11/h5-6,9-10H,3-4,7H2,1-2H3,(H,12,13,14). The third-order valence-corrected chi connectivity index (χ3v) is 2.69. The highest BCUT2D eigenvalue weighted by molar-refractivity contribution is 5.29. The van der Waals surface area contributed by atoms with Crippen molar-refractivity contribution in [3.8, 4) is 0 Å². The highest BCUT2D eigenvalue weighted by Gasteiger charge is 2.36. The minimum Gasteiger partial charge on any atom is -0.351 e. The molecule has 3 heteroatoms. The van der Waals surface area contributed by atoms with Crippen LogP contribution in [0, 0.1) is 12.8 Å². The fourth-order valence-electron chi connectivity index (χ4n) is 1.80. The fraction of sp³-hybridized carbons (Fsp3) is 0.636. The molecule has 2 atom stereocenters. The highest BCUT2D eigenvalue weighted by Crippen LogP contribution is 2.36. The van der Waals surface area contributed by atoms with E-state index in [0.29, 0.717) is 6.04 Å². The summed E-state index contributed by atoms with van der Waals surface area (Å²) in [5.74, 6) is 1.64. The minimum atomic E-state index is 0.622. The first-order chi connectivity index (χ1) is 6.79. The van der Waals surface area contributed by atoms with Gasteiger partial charge in [-0.2, -0.15) is 0 Å². The Labute approximate surface area is 85.0 Å². The summed E-state index contributed by atoms with van der Waals surface area (Å²) in [7, 11) is 0. The first kappa shape index (κ1) is 9.44. The van der Waals surface area contributed by atoms with Crippen molar-refractivity contribution in [2.45, 2.75) is 39.2 Å². The van der Waals surface area contributed by atoms with Crippen LogP contribution in [0.3, 0.4) is 0 Å². The van der Waals surface area contributed by atoms with Gasteiger partial charge in [-0.3, -0.25) is 0 Å². The van der Waals surface area contributed by atoms with E-state index in [2.05, 4.69) is 22.2 Å². The van der Waals surface area contributed by atoms with E-state index < -0.39 is 0 Å². The van der Waals surface area contributed by atoms with Crippen molar-refractivity contribution in [2.75, 3.05) is 5.32 Å². The van der Waals surface area contributed by atoms with Gasteiger partial charge in [-0.1, -0.05) is 13.3 Å². The van der Waals surface area contributed by atoms with Crippen LogP contribution in [0.5, 0.6) is 0 Å². The van der Waals surface area contributed by atoms with E-state index >= 15 is 0 Å². The zero-order valence-corrected chi connectivity index (χ0v) is 8.83. The van der Waals surface area contributed by atoms with Gasteiger partial charge in [-0.15, -0.1) is 0 Å². The lowest BCUT2D eigenvalue weighted by molar-refractivity contribution is 0.691. The minimum absolute atomic E-state index is 0.622. The second-order valence-corrected chi connectivity index (χ2v) is 4.06. The molecule has 1 heterocycles. The Morgan fingerprint density at radius 1 is 1.57 bits per heavy atom. The summed E-state index contributed by atoms with van der Waals surface area (Å²) in [5, 5.41) is 3.37. The van der Waals surface area contributed by atoms with Crippen molar-refractivity contribution in [3.63, 3.8) is 0 Å². The van der Waals surface area contributed by atoms with Gasteiger partial charge in [0, 0.05) is 17.9 Å². The summed E-state index contributed by atoms with van der Waals surface area (Å²) in [6.45, 7) is 4.22. The van der Waals surface area contributed by atoms with Gasteiger partial charge in [0.15, 0.2) is 0 Å². The van der Waals surface area contributed by atoms with Gasteiger partial charge in [-0.05, 0) is 31.7 Å². The molecule has 2 unspecified atom stereocenters. The maximum absolute atomic E-state index is 4.33. The van der Waals surface area contributed by atoms with Crippen molar-refractivity contribution in [1.29, 1.82) is 0 Å². The Morgan fingerprint density at radius 2 is 2.43 bits per heavy atom. The molecule has 0 aromatic carbocycles. The molecule has 1 N–H and O–H groups in total. The Morgan fingerprint density at radius 3 is 3.14 bits per heavy atom. The normalized spacial score (nSPS) is 24.7. The van der Waals surface area contributed by atoms with E-state index in [9.17, 15) is 0 Å².